The smallest absolute Gasteiger partial charge is 0.306 e. The van der Waals surface area contributed by atoms with Crippen LogP contribution in [0.4, 0.5) is 0 Å². The standard InChI is InChI=1S/C28H50O6/c1-2-3-18-25(29)22-21-24(28(33)34)23-26(30)19-16-14-12-10-8-6-4-5-7-9-11-13-15-17-20-27(31)32/h24H,2-23H2,1H3,(H,31,32)(H,33,34)/t24-/m1/s1. The van der Waals surface area contributed by atoms with Crippen molar-refractivity contribution in [1.29, 1.82) is 0 Å². The number of carboxylic acids is 2. The van der Waals surface area contributed by atoms with Crippen molar-refractivity contribution in [3.05, 3.63) is 0 Å². The lowest BCUT2D eigenvalue weighted by Gasteiger charge is -2.11. The highest BCUT2D eigenvalue weighted by Gasteiger charge is 2.21. The van der Waals surface area contributed by atoms with Crippen molar-refractivity contribution in [1.82, 2.24) is 0 Å². The zero-order valence-electron chi connectivity index (χ0n) is 21.7. The highest BCUT2D eigenvalue weighted by Crippen LogP contribution is 2.17. The van der Waals surface area contributed by atoms with Crippen molar-refractivity contribution in [2.24, 2.45) is 5.92 Å². The second-order valence-electron chi connectivity index (χ2n) is 9.80. The summed E-state index contributed by atoms with van der Waals surface area (Å²) in [6, 6.07) is 0. The first-order valence-electron chi connectivity index (χ1n) is 13.8. The van der Waals surface area contributed by atoms with Crippen LogP contribution in [-0.4, -0.2) is 33.7 Å². The Balaban J connectivity index is 3.55. The molecule has 0 aliphatic heterocycles. The van der Waals surface area contributed by atoms with E-state index in [2.05, 4.69) is 0 Å². The topological polar surface area (TPSA) is 109 Å². The molecule has 0 unspecified atom stereocenters. The number of rotatable bonds is 26. The van der Waals surface area contributed by atoms with E-state index in [1.165, 1.54) is 51.4 Å². The fourth-order valence-electron chi connectivity index (χ4n) is 4.24. The number of carboxylic acid groups (broad SMARTS) is 2. The quantitative estimate of drug-likeness (QED) is 0.123. The van der Waals surface area contributed by atoms with E-state index in [9.17, 15) is 24.3 Å². The summed E-state index contributed by atoms with van der Waals surface area (Å²) >= 11 is 0. The molecule has 6 nitrogen and oxygen atoms in total. The minimum atomic E-state index is -0.965. The van der Waals surface area contributed by atoms with Crippen molar-refractivity contribution in [3.63, 3.8) is 0 Å². The number of carbonyl (C=O) groups excluding carboxylic acids is 2. The minimum absolute atomic E-state index is 0.00953. The Hall–Kier alpha value is -1.72. The molecule has 0 rings (SSSR count). The molecule has 0 aromatic carbocycles. The molecule has 0 saturated heterocycles. The Morgan fingerprint density at radius 3 is 1.35 bits per heavy atom. The average molecular weight is 483 g/mol. The molecule has 6 heteroatoms. The van der Waals surface area contributed by atoms with Gasteiger partial charge in [0.05, 0.1) is 5.92 Å². The van der Waals surface area contributed by atoms with Gasteiger partial charge in [0, 0.05) is 32.1 Å². The maximum atomic E-state index is 12.2. The van der Waals surface area contributed by atoms with Crippen LogP contribution < -0.4 is 0 Å². The van der Waals surface area contributed by atoms with Crippen LogP contribution in [-0.2, 0) is 19.2 Å². The van der Waals surface area contributed by atoms with Crippen molar-refractivity contribution in [2.45, 2.75) is 148 Å². The molecule has 0 bridgehead atoms. The zero-order valence-corrected chi connectivity index (χ0v) is 21.7. The van der Waals surface area contributed by atoms with Crippen LogP contribution >= 0.6 is 0 Å². The summed E-state index contributed by atoms with van der Waals surface area (Å²) in [5.41, 5.74) is 0. The maximum Gasteiger partial charge on any atom is 0.306 e. The van der Waals surface area contributed by atoms with Crippen molar-refractivity contribution >= 4 is 23.5 Å². The third-order valence-electron chi connectivity index (χ3n) is 6.50. The molecular formula is C28H50O6. The zero-order chi connectivity index (χ0) is 25.4. The molecule has 0 saturated carbocycles. The van der Waals surface area contributed by atoms with Gasteiger partial charge in [-0.3, -0.25) is 19.2 Å². The Labute approximate surface area is 207 Å². The Morgan fingerprint density at radius 1 is 0.529 bits per heavy atom. The Morgan fingerprint density at radius 2 is 0.941 bits per heavy atom. The minimum Gasteiger partial charge on any atom is -0.481 e. The van der Waals surface area contributed by atoms with Gasteiger partial charge in [0.25, 0.3) is 0 Å². The summed E-state index contributed by atoms with van der Waals surface area (Å²) in [4.78, 5) is 45.8. The van der Waals surface area contributed by atoms with E-state index in [0.29, 0.717) is 19.3 Å². The van der Waals surface area contributed by atoms with E-state index in [4.69, 9.17) is 5.11 Å². The van der Waals surface area contributed by atoms with Crippen LogP contribution in [0.1, 0.15) is 148 Å². The van der Waals surface area contributed by atoms with Gasteiger partial charge in [-0.1, -0.05) is 90.4 Å². The number of hydrogen-bond donors (Lipinski definition) is 2. The summed E-state index contributed by atoms with van der Waals surface area (Å²) < 4.78 is 0. The van der Waals surface area contributed by atoms with Crippen LogP contribution in [0.5, 0.6) is 0 Å². The van der Waals surface area contributed by atoms with Gasteiger partial charge in [0.15, 0.2) is 0 Å². The average Bonchev–Trinajstić information content (AvgIpc) is 2.79. The van der Waals surface area contributed by atoms with Crippen LogP contribution in [0.2, 0.25) is 0 Å². The number of unbranched alkanes of at least 4 members (excludes halogenated alkanes) is 14. The summed E-state index contributed by atoms with van der Waals surface area (Å²) in [7, 11) is 0. The Kier molecular flexibility index (Phi) is 21.9. The molecule has 0 aliphatic carbocycles. The van der Waals surface area contributed by atoms with E-state index in [1.807, 2.05) is 6.92 Å². The third kappa shape index (κ3) is 22.1. The van der Waals surface area contributed by atoms with Crippen LogP contribution in [0.3, 0.4) is 0 Å². The first-order valence-corrected chi connectivity index (χ1v) is 13.8. The molecule has 0 heterocycles. The molecule has 0 aromatic rings. The van der Waals surface area contributed by atoms with Gasteiger partial charge in [-0.05, 0) is 25.7 Å². The summed E-state index contributed by atoms with van der Waals surface area (Å²) in [5, 5.41) is 17.9. The van der Waals surface area contributed by atoms with Crippen molar-refractivity contribution in [2.75, 3.05) is 0 Å². The lowest BCUT2D eigenvalue weighted by molar-refractivity contribution is -0.144. The van der Waals surface area contributed by atoms with Gasteiger partial charge in [-0.2, -0.15) is 0 Å². The number of hydrogen-bond acceptors (Lipinski definition) is 4. The van der Waals surface area contributed by atoms with Gasteiger partial charge < -0.3 is 10.2 Å². The normalized spacial score (nSPS) is 11.9. The van der Waals surface area contributed by atoms with Crippen LogP contribution in [0.15, 0.2) is 0 Å². The summed E-state index contributed by atoms with van der Waals surface area (Å²) in [5.74, 6) is -2.27. The summed E-state index contributed by atoms with van der Waals surface area (Å²) in [6.07, 6.45) is 19.5. The van der Waals surface area contributed by atoms with Crippen molar-refractivity contribution in [3.8, 4) is 0 Å². The third-order valence-corrected chi connectivity index (χ3v) is 6.50. The highest BCUT2D eigenvalue weighted by atomic mass is 16.4. The van der Waals surface area contributed by atoms with Gasteiger partial charge >= 0.3 is 11.9 Å². The lowest BCUT2D eigenvalue weighted by Crippen LogP contribution is -2.19. The Bertz CT molecular complexity index is 557. The van der Waals surface area contributed by atoms with E-state index in [0.717, 1.165) is 51.4 Å². The highest BCUT2D eigenvalue weighted by molar-refractivity contribution is 5.84. The molecule has 2 N–H and O–H groups in total. The molecule has 0 fully saturated rings. The number of aliphatic carboxylic acids is 2. The predicted molar refractivity (Wildman–Crippen MR) is 136 cm³/mol. The molecule has 0 aliphatic rings. The number of Topliss-reactive ketones (excluding diaryl/α,β-unsaturated/α-hetero) is 2. The van der Waals surface area contributed by atoms with Crippen molar-refractivity contribution < 1.29 is 29.4 Å². The monoisotopic (exact) mass is 482 g/mol. The predicted octanol–water partition coefficient (Wildman–Crippen LogP) is 7.51. The molecular weight excluding hydrogens is 432 g/mol. The number of carbonyl (C=O) groups is 4. The van der Waals surface area contributed by atoms with Crippen LogP contribution in [0.25, 0.3) is 0 Å². The van der Waals surface area contributed by atoms with E-state index in [1.54, 1.807) is 0 Å². The second kappa shape index (κ2) is 23.0. The second-order valence-corrected chi connectivity index (χ2v) is 9.80. The van der Waals surface area contributed by atoms with Gasteiger partial charge in [-0.25, -0.2) is 0 Å². The van der Waals surface area contributed by atoms with Gasteiger partial charge in [-0.15, -0.1) is 0 Å². The van der Waals surface area contributed by atoms with E-state index in [-0.39, 0.29) is 30.8 Å². The summed E-state index contributed by atoms with van der Waals surface area (Å²) in [6.45, 7) is 2.02. The maximum absolute atomic E-state index is 12.2. The molecule has 34 heavy (non-hydrogen) atoms. The molecule has 0 amide bonds. The van der Waals surface area contributed by atoms with Gasteiger partial charge in [0.2, 0.25) is 0 Å². The molecule has 0 aromatic heterocycles. The first-order chi connectivity index (χ1) is 16.4. The van der Waals surface area contributed by atoms with Gasteiger partial charge in [0.1, 0.15) is 11.6 Å². The largest absolute Gasteiger partial charge is 0.481 e. The first kappa shape index (κ1) is 32.3. The lowest BCUT2D eigenvalue weighted by atomic mass is 9.93. The SMILES string of the molecule is CCCCC(=O)CC[C@H](CC(=O)CCCCCCCCCCCCCCCCC(=O)O)C(=O)O. The van der Waals surface area contributed by atoms with Crippen LogP contribution in [0, 0.1) is 5.92 Å². The fraction of sp³-hybridized carbons (Fsp3) is 0.857. The fourth-order valence-corrected chi connectivity index (χ4v) is 4.24. The molecule has 198 valence electrons. The molecule has 0 spiro atoms. The molecule has 1 atom stereocenters. The molecule has 0 radical (unpaired) electrons. The van der Waals surface area contributed by atoms with E-state index >= 15 is 0 Å². The van der Waals surface area contributed by atoms with E-state index < -0.39 is 17.9 Å². The number of ketones is 2.